The van der Waals surface area contributed by atoms with Crippen LogP contribution < -0.4 is 5.73 Å². The van der Waals surface area contributed by atoms with Crippen molar-refractivity contribution >= 4 is 22.6 Å². The highest BCUT2D eigenvalue weighted by atomic mass is 127. The van der Waals surface area contributed by atoms with Gasteiger partial charge >= 0.3 is 0 Å². The second-order valence-electron chi connectivity index (χ2n) is 4.73. The lowest BCUT2D eigenvalue weighted by Gasteiger charge is -2.33. The molecule has 1 aliphatic carbocycles. The van der Waals surface area contributed by atoms with Crippen LogP contribution in [0.2, 0.25) is 0 Å². The third-order valence-corrected chi connectivity index (χ3v) is 4.04. The first-order chi connectivity index (χ1) is 7.18. The summed E-state index contributed by atoms with van der Waals surface area (Å²) in [5, 5.41) is 0. The van der Waals surface area contributed by atoms with Crippen molar-refractivity contribution in [2.75, 3.05) is 0 Å². The van der Waals surface area contributed by atoms with E-state index in [1.54, 1.807) is 0 Å². The van der Waals surface area contributed by atoms with Gasteiger partial charge in [-0.15, -0.1) is 0 Å². The lowest BCUT2D eigenvalue weighted by atomic mass is 9.78. The van der Waals surface area contributed by atoms with Gasteiger partial charge in [-0.05, 0) is 59.5 Å². The molecule has 2 heteroatoms. The minimum Gasteiger partial charge on any atom is -0.325 e. The maximum absolute atomic E-state index is 6.43. The first-order valence-electron chi connectivity index (χ1n) is 5.71. The molecule has 2 rings (SSSR count). The second kappa shape index (κ2) is 4.83. The monoisotopic (exact) mass is 315 g/mol. The van der Waals surface area contributed by atoms with Crippen molar-refractivity contribution in [1.82, 2.24) is 0 Å². The van der Waals surface area contributed by atoms with Crippen molar-refractivity contribution in [1.29, 1.82) is 0 Å². The van der Waals surface area contributed by atoms with Crippen LogP contribution in [0.4, 0.5) is 0 Å². The molecule has 0 atom stereocenters. The predicted molar refractivity (Wildman–Crippen MR) is 72.9 cm³/mol. The molecule has 1 aromatic carbocycles. The SMILES string of the molecule is NC1(Cc2ccc(I)cc2)CCCCC1. The van der Waals surface area contributed by atoms with E-state index in [0.29, 0.717) is 0 Å². The Morgan fingerprint density at radius 3 is 2.27 bits per heavy atom. The molecule has 0 heterocycles. The van der Waals surface area contributed by atoms with Crippen molar-refractivity contribution in [3.8, 4) is 0 Å². The van der Waals surface area contributed by atoms with Crippen molar-refractivity contribution in [2.24, 2.45) is 5.73 Å². The Morgan fingerprint density at radius 1 is 1.07 bits per heavy atom. The van der Waals surface area contributed by atoms with Crippen molar-refractivity contribution in [3.05, 3.63) is 33.4 Å². The molecular formula is C13H18IN. The highest BCUT2D eigenvalue weighted by Gasteiger charge is 2.27. The molecule has 1 fully saturated rings. The lowest BCUT2D eigenvalue weighted by Crippen LogP contribution is -2.43. The highest BCUT2D eigenvalue weighted by molar-refractivity contribution is 14.1. The molecule has 82 valence electrons. The topological polar surface area (TPSA) is 26.0 Å². The Bertz CT molecular complexity index is 312. The number of hydrogen-bond acceptors (Lipinski definition) is 1. The molecule has 0 amide bonds. The van der Waals surface area contributed by atoms with E-state index in [1.165, 1.54) is 41.2 Å². The molecule has 0 spiro atoms. The molecule has 15 heavy (non-hydrogen) atoms. The first kappa shape index (κ1) is 11.4. The number of rotatable bonds is 2. The minimum absolute atomic E-state index is 0.0744. The first-order valence-corrected chi connectivity index (χ1v) is 6.79. The normalized spacial score (nSPS) is 20.1. The van der Waals surface area contributed by atoms with Crippen LogP contribution in [-0.2, 0) is 6.42 Å². The van der Waals surface area contributed by atoms with Crippen LogP contribution in [0.1, 0.15) is 37.7 Å². The summed E-state index contributed by atoms with van der Waals surface area (Å²) in [5.41, 5.74) is 7.89. The van der Waals surface area contributed by atoms with Crippen molar-refractivity contribution in [3.63, 3.8) is 0 Å². The van der Waals surface area contributed by atoms with E-state index in [-0.39, 0.29) is 5.54 Å². The number of halogens is 1. The minimum atomic E-state index is 0.0744. The Hall–Kier alpha value is -0.0900. The summed E-state index contributed by atoms with van der Waals surface area (Å²) < 4.78 is 1.30. The van der Waals surface area contributed by atoms with Crippen molar-refractivity contribution < 1.29 is 0 Å². The zero-order valence-electron chi connectivity index (χ0n) is 9.01. The molecule has 0 saturated heterocycles. The van der Waals surface area contributed by atoms with Crippen molar-refractivity contribution in [2.45, 2.75) is 44.1 Å². The van der Waals surface area contributed by atoms with Gasteiger partial charge in [0.15, 0.2) is 0 Å². The van der Waals surface area contributed by atoms with Gasteiger partial charge in [-0.1, -0.05) is 31.4 Å². The van der Waals surface area contributed by atoms with Gasteiger partial charge < -0.3 is 5.73 Å². The van der Waals surface area contributed by atoms with Gasteiger partial charge in [-0.2, -0.15) is 0 Å². The summed E-state index contributed by atoms with van der Waals surface area (Å²) in [7, 11) is 0. The van der Waals surface area contributed by atoms with Crippen LogP contribution in [0.25, 0.3) is 0 Å². The summed E-state index contributed by atoms with van der Waals surface area (Å²) >= 11 is 2.34. The van der Waals surface area contributed by atoms with E-state index in [9.17, 15) is 0 Å². The molecule has 1 saturated carbocycles. The van der Waals surface area contributed by atoms with Gasteiger partial charge in [-0.25, -0.2) is 0 Å². The molecule has 0 unspecified atom stereocenters. The Labute approximate surface area is 106 Å². The van der Waals surface area contributed by atoms with Crippen LogP contribution in [0.3, 0.4) is 0 Å². The lowest BCUT2D eigenvalue weighted by molar-refractivity contribution is 0.294. The molecule has 0 aliphatic heterocycles. The third kappa shape index (κ3) is 3.18. The number of hydrogen-bond donors (Lipinski definition) is 1. The maximum atomic E-state index is 6.43. The van der Waals surface area contributed by atoms with E-state index in [0.717, 1.165) is 6.42 Å². The fourth-order valence-electron chi connectivity index (χ4n) is 2.44. The van der Waals surface area contributed by atoms with Crippen LogP contribution >= 0.6 is 22.6 Å². The van der Waals surface area contributed by atoms with E-state index in [4.69, 9.17) is 5.73 Å². The van der Waals surface area contributed by atoms with Crippen LogP contribution in [0.5, 0.6) is 0 Å². The van der Waals surface area contributed by atoms with Gasteiger partial charge in [0, 0.05) is 9.11 Å². The molecular weight excluding hydrogens is 297 g/mol. The molecule has 1 nitrogen and oxygen atoms in total. The van der Waals surface area contributed by atoms with Crippen LogP contribution in [0.15, 0.2) is 24.3 Å². The number of nitrogens with two attached hydrogens (primary N) is 1. The fourth-order valence-corrected chi connectivity index (χ4v) is 2.80. The smallest absolute Gasteiger partial charge is 0.0195 e. The van der Waals surface area contributed by atoms with Crippen LogP contribution in [-0.4, -0.2) is 5.54 Å². The van der Waals surface area contributed by atoms with Crippen LogP contribution in [0, 0.1) is 3.57 Å². The van der Waals surface area contributed by atoms with E-state index in [1.807, 2.05) is 0 Å². The zero-order valence-corrected chi connectivity index (χ0v) is 11.2. The second-order valence-corrected chi connectivity index (χ2v) is 5.97. The molecule has 0 aromatic heterocycles. The zero-order chi connectivity index (χ0) is 10.7. The molecule has 1 aromatic rings. The van der Waals surface area contributed by atoms with E-state index >= 15 is 0 Å². The quantitative estimate of drug-likeness (QED) is 0.831. The Kier molecular flexibility index (Phi) is 3.67. The van der Waals surface area contributed by atoms with Gasteiger partial charge in [0.1, 0.15) is 0 Å². The predicted octanol–water partition coefficient (Wildman–Crippen LogP) is 3.50. The summed E-state index contributed by atoms with van der Waals surface area (Å²) in [5.74, 6) is 0. The summed E-state index contributed by atoms with van der Waals surface area (Å²) in [6, 6.07) is 8.76. The third-order valence-electron chi connectivity index (χ3n) is 3.32. The average Bonchev–Trinajstić information content (AvgIpc) is 2.22. The molecule has 2 N–H and O–H groups in total. The standard InChI is InChI=1S/C13H18IN/c14-12-6-4-11(5-7-12)10-13(15)8-2-1-3-9-13/h4-7H,1-3,8-10,15H2. The fraction of sp³-hybridized carbons (Fsp3) is 0.538. The molecule has 0 bridgehead atoms. The van der Waals surface area contributed by atoms with Gasteiger partial charge in [0.25, 0.3) is 0 Å². The highest BCUT2D eigenvalue weighted by Crippen LogP contribution is 2.29. The Balaban J connectivity index is 2.03. The average molecular weight is 315 g/mol. The van der Waals surface area contributed by atoms with Gasteiger partial charge in [-0.3, -0.25) is 0 Å². The number of benzene rings is 1. The summed E-state index contributed by atoms with van der Waals surface area (Å²) in [6.45, 7) is 0. The van der Waals surface area contributed by atoms with Gasteiger partial charge in [0.2, 0.25) is 0 Å². The summed E-state index contributed by atoms with van der Waals surface area (Å²) in [4.78, 5) is 0. The largest absolute Gasteiger partial charge is 0.325 e. The van der Waals surface area contributed by atoms with E-state index in [2.05, 4.69) is 46.9 Å². The summed E-state index contributed by atoms with van der Waals surface area (Å²) in [6.07, 6.45) is 7.41. The Morgan fingerprint density at radius 2 is 1.67 bits per heavy atom. The molecule has 0 radical (unpaired) electrons. The maximum Gasteiger partial charge on any atom is 0.0195 e. The molecule has 1 aliphatic rings. The van der Waals surface area contributed by atoms with Gasteiger partial charge in [0.05, 0.1) is 0 Å². The van der Waals surface area contributed by atoms with E-state index < -0.39 is 0 Å².